The SMILES string of the molecule is Cc1cc(C)cc(N2CC[C@H](C(=O)N[C@@H](C(N)=O)c3cccc(Br)c3)C2=O)c1. The van der Waals surface area contributed by atoms with Gasteiger partial charge in [-0.2, -0.15) is 0 Å². The van der Waals surface area contributed by atoms with E-state index >= 15 is 0 Å². The highest BCUT2D eigenvalue weighted by Gasteiger charge is 2.39. The lowest BCUT2D eigenvalue weighted by molar-refractivity contribution is -0.134. The molecule has 2 aromatic rings. The average molecular weight is 444 g/mol. The highest BCUT2D eigenvalue weighted by Crippen LogP contribution is 2.28. The fraction of sp³-hybridized carbons (Fsp3) is 0.286. The monoisotopic (exact) mass is 443 g/mol. The van der Waals surface area contributed by atoms with E-state index in [1.165, 1.54) is 0 Å². The van der Waals surface area contributed by atoms with E-state index in [1.807, 2.05) is 38.1 Å². The molecule has 2 aromatic carbocycles. The number of rotatable bonds is 5. The van der Waals surface area contributed by atoms with Crippen LogP contribution in [0.15, 0.2) is 46.9 Å². The number of primary amides is 1. The van der Waals surface area contributed by atoms with Crippen molar-refractivity contribution in [2.75, 3.05) is 11.4 Å². The van der Waals surface area contributed by atoms with Crippen LogP contribution >= 0.6 is 15.9 Å². The molecule has 1 heterocycles. The van der Waals surface area contributed by atoms with Gasteiger partial charge < -0.3 is 16.0 Å². The molecule has 0 saturated carbocycles. The number of nitrogens with zero attached hydrogens (tertiary/aromatic N) is 1. The number of nitrogens with two attached hydrogens (primary N) is 1. The molecule has 3 amide bonds. The molecular weight excluding hydrogens is 422 g/mol. The zero-order valence-corrected chi connectivity index (χ0v) is 17.3. The van der Waals surface area contributed by atoms with Crippen molar-refractivity contribution < 1.29 is 14.4 Å². The number of halogens is 1. The lowest BCUT2D eigenvalue weighted by atomic mass is 10.0. The van der Waals surface area contributed by atoms with Gasteiger partial charge in [0.1, 0.15) is 12.0 Å². The van der Waals surface area contributed by atoms with E-state index in [-0.39, 0.29) is 5.91 Å². The first-order valence-electron chi connectivity index (χ1n) is 9.01. The van der Waals surface area contributed by atoms with Crippen LogP contribution in [0.5, 0.6) is 0 Å². The van der Waals surface area contributed by atoms with Gasteiger partial charge in [-0.05, 0) is 61.2 Å². The maximum atomic E-state index is 12.9. The summed E-state index contributed by atoms with van der Waals surface area (Å²) in [5.41, 5.74) is 8.95. The molecule has 7 heteroatoms. The molecule has 0 unspecified atom stereocenters. The molecule has 3 N–H and O–H groups in total. The Morgan fingerprint density at radius 2 is 1.86 bits per heavy atom. The van der Waals surface area contributed by atoms with Crippen molar-refractivity contribution in [3.8, 4) is 0 Å². The molecule has 28 heavy (non-hydrogen) atoms. The number of hydrogen-bond donors (Lipinski definition) is 2. The summed E-state index contributed by atoms with van der Waals surface area (Å²) in [6, 6.07) is 11.9. The summed E-state index contributed by atoms with van der Waals surface area (Å²) in [6.07, 6.45) is 0.390. The van der Waals surface area contributed by atoms with E-state index in [0.29, 0.717) is 18.5 Å². The number of aryl methyl sites for hydroxylation is 2. The Labute approximate surface area is 172 Å². The number of hydrogen-bond acceptors (Lipinski definition) is 3. The summed E-state index contributed by atoms with van der Waals surface area (Å²) in [7, 11) is 0. The van der Waals surface area contributed by atoms with Crippen molar-refractivity contribution in [1.82, 2.24) is 5.32 Å². The molecule has 0 aromatic heterocycles. The van der Waals surface area contributed by atoms with E-state index in [9.17, 15) is 14.4 Å². The van der Waals surface area contributed by atoms with Crippen molar-refractivity contribution in [2.24, 2.45) is 11.7 Å². The molecule has 0 spiro atoms. The molecule has 6 nitrogen and oxygen atoms in total. The zero-order chi connectivity index (χ0) is 20.4. The minimum absolute atomic E-state index is 0.264. The van der Waals surface area contributed by atoms with Gasteiger partial charge in [0.05, 0.1) is 0 Å². The van der Waals surface area contributed by atoms with Crippen LogP contribution < -0.4 is 16.0 Å². The average Bonchev–Trinajstić information content (AvgIpc) is 3.00. The van der Waals surface area contributed by atoms with Crippen LogP contribution in [-0.2, 0) is 14.4 Å². The van der Waals surface area contributed by atoms with Crippen LogP contribution in [-0.4, -0.2) is 24.3 Å². The first-order valence-corrected chi connectivity index (χ1v) is 9.80. The molecule has 1 fully saturated rings. The van der Waals surface area contributed by atoms with Gasteiger partial charge in [0.25, 0.3) is 0 Å². The minimum Gasteiger partial charge on any atom is -0.368 e. The molecule has 0 bridgehead atoms. The van der Waals surface area contributed by atoms with Crippen LogP contribution in [0.25, 0.3) is 0 Å². The van der Waals surface area contributed by atoms with Gasteiger partial charge in [-0.3, -0.25) is 14.4 Å². The van der Waals surface area contributed by atoms with E-state index < -0.39 is 23.8 Å². The predicted molar refractivity (Wildman–Crippen MR) is 111 cm³/mol. The Hall–Kier alpha value is -2.67. The second kappa shape index (κ2) is 8.14. The normalized spacial score (nSPS) is 17.5. The number of amides is 3. The van der Waals surface area contributed by atoms with Crippen molar-refractivity contribution in [3.63, 3.8) is 0 Å². The molecule has 1 saturated heterocycles. The quantitative estimate of drug-likeness (QED) is 0.695. The van der Waals surface area contributed by atoms with Gasteiger partial charge in [0, 0.05) is 16.7 Å². The van der Waals surface area contributed by atoms with E-state index in [1.54, 1.807) is 23.1 Å². The van der Waals surface area contributed by atoms with Gasteiger partial charge in [0.15, 0.2) is 0 Å². The highest BCUT2D eigenvalue weighted by molar-refractivity contribution is 9.10. The maximum Gasteiger partial charge on any atom is 0.244 e. The van der Waals surface area contributed by atoms with Crippen LogP contribution in [0.3, 0.4) is 0 Å². The van der Waals surface area contributed by atoms with Crippen LogP contribution in [0.4, 0.5) is 5.69 Å². The van der Waals surface area contributed by atoms with Crippen LogP contribution in [0.2, 0.25) is 0 Å². The predicted octanol–water partition coefficient (Wildman–Crippen LogP) is 2.76. The van der Waals surface area contributed by atoms with Crippen LogP contribution in [0.1, 0.15) is 29.2 Å². The third kappa shape index (κ3) is 4.25. The van der Waals surface area contributed by atoms with E-state index in [4.69, 9.17) is 5.73 Å². The Bertz CT molecular complexity index is 924. The van der Waals surface area contributed by atoms with Gasteiger partial charge in [-0.15, -0.1) is 0 Å². The van der Waals surface area contributed by atoms with E-state index in [2.05, 4.69) is 21.2 Å². The highest BCUT2D eigenvalue weighted by atomic mass is 79.9. The molecular formula is C21H22BrN3O3. The van der Waals surface area contributed by atoms with Gasteiger partial charge in [-0.1, -0.05) is 34.1 Å². The van der Waals surface area contributed by atoms with Crippen molar-refractivity contribution in [3.05, 3.63) is 63.6 Å². The third-order valence-electron chi connectivity index (χ3n) is 4.79. The molecule has 2 atom stereocenters. The van der Waals surface area contributed by atoms with E-state index in [0.717, 1.165) is 21.3 Å². The van der Waals surface area contributed by atoms with Crippen molar-refractivity contribution in [2.45, 2.75) is 26.3 Å². The number of benzene rings is 2. The number of carbonyl (C=O) groups is 3. The Morgan fingerprint density at radius 1 is 1.18 bits per heavy atom. The Balaban J connectivity index is 1.77. The van der Waals surface area contributed by atoms with Gasteiger partial charge in [0.2, 0.25) is 17.7 Å². The van der Waals surface area contributed by atoms with Crippen molar-refractivity contribution in [1.29, 1.82) is 0 Å². The second-order valence-electron chi connectivity index (χ2n) is 7.08. The summed E-state index contributed by atoms with van der Waals surface area (Å²) in [5, 5.41) is 2.65. The van der Waals surface area contributed by atoms with Gasteiger partial charge in [-0.25, -0.2) is 0 Å². The second-order valence-corrected chi connectivity index (χ2v) is 7.99. The summed E-state index contributed by atoms with van der Waals surface area (Å²) < 4.78 is 0.767. The topological polar surface area (TPSA) is 92.5 Å². The fourth-order valence-corrected chi connectivity index (χ4v) is 3.95. The first kappa shape index (κ1) is 20.1. The maximum absolute atomic E-state index is 12.9. The largest absolute Gasteiger partial charge is 0.368 e. The van der Waals surface area contributed by atoms with Crippen LogP contribution in [0, 0.1) is 19.8 Å². The summed E-state index contributed by atoms with van der Waals surface area (Å²) in [5.74, 6) is -2.27. The summed E-state index contributed by atoms with van der Waals surface area (Å²) in [6.45, 7) is 4.39. The summed E-state index contributed by atoms with van der Waals surface area (Å²) >= 11 is 3.34. The minimum atomic E-state index is -0.993. The number of anilines is 1. The lowest BCUT2D eigenvalue weighted by Gasteiger charge is -2.20. The number of nitrogens with one attached hydrogen (secondary N) is 1. The smallest absolute Gasteiger partial charge is 0.244 e. The molecule has 0 radical (unpaired) electrons. The van der Waals surface area contributed by atoms with Crippen molar-refractivity contribution >= 4 is 39.3 Å². The molecule has 3 rings (SSSR count). The standard InChI is InChI=1S/C21H22BrN3O3/c1-12-8-13(2)10-16(9-12)25-7-6-17(21(25)28)20(27)24-18(19(23)26)14-4-3-5-15(22)11-14/h3-5,8-11,17-18H,6-7H2,1-2H3,(H2,23,26)(H,24,27)/t17-,18-/m1/s1. The Morgan fingerprint density at radius 3 is 2.46 bits per heavy atom. The number of carbonyl (C=O) groups excluding carboxylic acids is 3. The first-order chi connectivity index (χ1) is 13.3. The third-order valence-corrected chi connectivity index (χ3v) is 5.29. The Kier molecular flexibility index (Phi) is 5.84. The molecule has 146 valence electrons. The summed E-state index contributed by atoms with van der Waals surface area (Å²) in [4.78, 5) is 39.1. The fourth-order valence-electron chi connectivity index (χ4n) is 3.53. The zero-order valence-electron chi connectivity index (χ0n) is 15.7. The lowest BCUT2D eigenvalue weighted by Crippen LogP contribution is -2.42. The van der Waals surface area contributed by atoms with Gasteiger partial charge >= 0.3 is 0 Å². The molecule has 1 aliphatic rings. The molecule has 0 aliphatic carbocycles. The molecule has 1 aliphatic heterocycles.